The molecule has 0 bridgehead atoms. The van der Waals surface area contributed by atoms with Gasteiger partial charge in [0.2, 0.25) is 5.91 Å². The molecule has 2 aromatic heterocycles. The predicted octanol–water partition coefficient (Wildman–Crippen LogP) is 4.51. The summed E-state index contributed by atoms with van der Waals surface area (Å²) in [7, 11) is 0. The second-order valence-corrected chi connectivity index (χ2v) is 5.18. The Kier molecular flexibility index (Phi) is 4.73. The van der Waals surface area contributed by atoms with Crippen molar-refractivity contribution in [2.75, 3.05) is 5.32 Å². The number of hydrogen-bond donors (Lipinski definition) is 1. The monoisotopic (exact) mass is 316 g/mol. The lowest BCUT2D eigenvalue weighted by atomic mass is 10.1. The van der Waals surface area contributed by atoms with Crippen LogP contribution in [0.25, 0.3) is 21.3 Å². The van der Waals surface area contributed by atoms with E-state index in [1.54, 1.807) is 17.5 Å². The molecule has 0 aliphatic heterocycles. The number of para-hydroxylation sites is 1. The Morgan fingerprint density at radius 3 is 2.76 bits per heavy atom. The number of pyridine rings is 1. The Hall–Kier alpha value is -2.17. The predicted molar refractivity (Wildman–Crippen MR) is 91.1 cm³/mol. The van der Waals surface area contributed by atoms with E-state index in [1.165, 1.54) is 6.08 Å². The highest BCUT2D eigenvalue weighted by molar-refractivity contribution is 7.13. The van der Waals surface area contributed by atoms with Crippen molar-refractivity contribution in [1.82, 2.24) is 4.98 Å². The molecule has 0 saturated heterocycles. The van der Waals surface area contributed by atoms with Crippen LogP contribution in [0.15, 0.2) is 60.6 Å². The minimum Gasteiger partial charge on any atom is -0.321 e. The molecule has 1 aromatic carbocycles. The van der Waals surface area contributed by atoms with Gasteiger partial charge in [0.15, 0.2) is 0 Å². The van der Waals surface area contributed by atoms with E-state index in [0.29, 0.717) is 0 Å². The van der Waals surface area contributed by atoms with Gasteiger partial charge in [-0.2, -0.15) is 0 Å². The largest absolute Gasteiger partial charge is 0.321 e. The van der Waals surface area contributed by atoms with Crippen LogP contribution in [-0.2, 0) is 4.79 Å². The number of halogens is 1. The van der Waals surface area contributed by atoms with Crippen molar-refractivity contribution in [3.8, 4) is 10.4 Å². The van der Waals surface area contributed by atoms with E-state index < -0.39 is 0 Å². The van der Waals surface area contributed by atoms with Crippen molar-refractivity contribution >= 4 is 46.2 Å². The van der Waals surface area contributed by atoms with E-state index in [4.69, 9.17) is 0 Å². The van der Waals surface area contributed by atoms with Crippen molar-refractivity contribution in [3.05, 3.63) is 60.6 Å². The maximum Gasteiger partial charge on any atom is 0.247 e. The van der Waals surface area contributed by atoms with Crippen molar-refractivity contribution in [1.29, 1.82) is 0 Å². The number of hydrogen-bond acceptors (Lipinski definition) is 3. The summed E-state index contributed by atoms with van der Waals surface area (Å²) in [5.74, 6) is -0.223. The number of anilines is 1. The zero-order valence-corrected chi connectivity index (χ0v) is 12.7. The van der Waals surface area contributed by atoms with E-state index >= 15 is 0 Å². The van der Waals surface area contributed by atoms with E-state index in [0.717, 1.165) is 27.0 Å². The molecular weight excluding hydrogens is 304 g/mol. The van der Waals surface area contributed by atoms with Gasteiger partial charge in [-0.3, -0.25) is 9.78 Å². The van der Waals surface area contributed by atoms with Gasteiger partial charge in [0.1, 0.15) is 0 Å². The minimum absolute atomic E-state index is 0. The van der Waals surface area contributed by atoms with Gasteiger partial charge in [0.25, 0.3) is 0 Å². The molecule has 5 heteroatoms. The highest BCUT2D eigenvalue weighted by atomic mass is 35.5. The Morgan fingerprint density at radius 1 is 1.24 bits per heavy atom. The molecule has 0 saturated carbocycles. The molecule has 0 unspecified atom stereocenters. The summed E-state index contributed by atoms with van der Waals surface area (Å²) in [6, 6.07) is 11.7. The van der Waals surface area contributed by atoms with E-state index in [9.17, 15) is 4.79 Å². The molecular formula is C16H13ClN2OS. The van der Waals surface area contributed by atoms with Gasteiger partial charge in [0.05, 0.1) is 11.2 Å². The summed E-state index contributed by atoms with van der Waals surface area (Å²) < 4.78 is 0. The number of carbonyl (C=O) groups excluding carboxylic acids is 1. The molecule has 2 heterocycles. The van der Waals surface area contributed by atoms with Crippen LogP contribution >= 0.6 is 23.7 Å². The summed E-state index contributed by atoms with van der Waals surface area (Å²) in [6.07, 6.45) is 3.07. The molecule has 0 aliphatic carbocycles. The van der Waals surface area contributed by atoms with Gasteiger partial charge < -0.3 is 5.32 Å². The molecule has 0 aliphatic rings. The molecule has 0 fully saturated rings. The van der Waals surface area contributed by atoms with Crippen LogP contribution in [0.2, 0.25) is 0 Å². The first-order chi connectivity index (χ1) is 9.79. The highest BCUT2D eigenvalue weighted by Gasteiger charge is 2.12. The SMILES string of the molecule is C=CC(=O)Nc1c(-c2cccs2)cnc2ccccc12.Cl. The van der Waals surface area contributed by atoms with Gasteiger partial charge >= 0.3 is 0 Å². The van der Waals surface area contributed by atoms with Gasteiger partial charge in [-0.1, -0.05) is 30.8 Å². The van der Waals surface area contributed by atoms with Crippen molar-refractivity contribution in [3.63, 3.8) is 0 Å². The molecule has 0 radical (unpaired) electrons. The fourth-order valence-corrected chi connectivity index (χ4v) is 2.81. The van der Waals surface area contributed by atoms with Crippen molar-refractivity contribution < 1.29 is 4.79 Å². The van der Waals surface area contributed by atoms with Crippen LogP contribution in [0.3, 0.4) is 0 Å². The fourth-order valence-electron chi connectivity index (χ4n) is 2.07. The molecule has 0 spiro atoms. The van der Waals surface area contributed by atoms with Gasteiger partial charge in [-0.05, 0) is 23.6 Å². The van der Waals surface area contributed by atoms with Crippen LogP contribution in [0, 0.1) is 0 Å². The Morgan fingerprint density at radius 2 is 2.05 bits per heavy atom. The van der Waals surface area contributed by atoms with Gasteiger partial charge in [0, 0.05) is 22.0 Å². The molecule has 3 rings (SSSR count). The Labute approximate surface area is 132 Å². The molecule has 0 atom stereocenters. The third-order valence-electron chi connectivity index (χ3n) is 3.00. The molecule has 1 N–H and O–H groups in total. The third-order valence-corrected chi connectivity index (χ3v) is 3.90. The van der Waals surface area contributed by atoms with E-state index in [2.05, 4.69) is 16.9 Å². The number of nitrogens with zero attached hydrogens (tertiary/aromatic N) is 1. The lowest BCUT2D eigenvalue weighted by molar-refractivity contribution is -0.111. The molecule has 106 valence electrons. The number of fused-ring (bicyclic) bond motifs is 1. The average molecular weight is 317 g/mol. The molecule has 3 nitrogen and oxygen atoms in total. The maximum absolute atomic E-state index is 11.7. The fraction of sp³-hybridized carbons (Fsp3) is 0. The van der Waals surface area contributed by atoms with Gasteiger partial charge in [-0.15, -0.1) is 23.7 Å². The minimum atomic E-state index is -0.223. The smallest absolute Gasteiger partial charge is 0.247 e. The van der Waals surface area contributed by atoms with Gasteiger partial charge in [-0.25, -0.2) is 0 Å². The quantitative estimate of drug-likeness (QED) is 0.722. The Balaban J connectivity index is 0.00000161. The lowest BCUT2D eigenvalue weighted by Gasteiger charge is -2.11. The van der Waals surface area contributed by atoms with Crippen LogP contribution in [0.4, 0.5) is 5.69 Å². The number of benzene rings is 1. The highest BCUT2D eigenvalue weighted by Crippen LogP contribution is 2.35. The molecule has 3 aromatic rings. The maximum atomic E-state index is 11.7. The summed E-state index contributed by atoms with van der Waals surface area (Å²) in [4.78, 5) is 17.2. The van der Waals surface area contributed by atoms with Crippen molar-refractivity contribution in [2.45, 2.75) is 0 Å². The van der Waals surface area contributed by atoms with Crippen LogP contribution in [0.5, 0.6) is 0 Å². The number of nitrogens with one attached hydrogen (secondary N) is 1. The number of thiophene rings is 1. The topological polar surface area (TPSA) is 42.0 Å². The average Bonchev–Trinajstić information content (AvgIpc) is 3.01. The molecule has 21 heavy (non-hydrogen) atoms. The van der Waals surface area contributed by atoms with E-state index in [1.807, 2.05) is 41.8 Å². The number of carbonyl (C=O) groups is 1. The van der Waals surface area contributed by atoms with Crippen LogP contribution in [0.1, 0.15) is 0 Å². The third kappa shape index (κ3) is 2.96. The zero-order valence-electron chi connectivity index (χ0n) is 11.1. The number of aromatic nitrogens is 1. The normalized spacial score (nSPS) is 9.90. The lowest BCUT2D eigenvalue weighted by Crippen LogP contribution is -2.09. The first-order valence-corrected chi connectivity index (χ1v) is 7.02. The summed E-state index contributed by atoms with van der Waals surface area (Å²) in [5.41, 5.74) is 2.56. The first kappa shape index (κ1) is 15.2. The van der Waals surface area contributed by atoms with Crippen LogP contribution < -0.4 is 5.32 Å². The van der Waals surface area contributed by atoms with E-state index in [-0.39, 0.29) is 18.3 Å². The molecule has 1 amide bonds. The Bertz CT molecular complexity index is 784. The number of rotatable bonds is 3. The summed E-state index contributed by atoms with van der Waals surface area (Å²) >= 11 is 1.62. The summed E-state index contributed by atoms with van der Waals surface area (Å²) in [5, 5.41) is 5.83. The number of amides is 1. The second kappa shape index (κ2) is 6.52. The summed E-state index contributed by atoms with van der Waals surface area (Å²) in [6.45, 7) is 3.50. The first-order valence-electron chi connectivity index (χ1n) is 6.14. The van der Waals surface area contributed by atoms with Crippen molar-refractivity contribution in [2.24, 2.45) is 0 Å². The zero-order chi connectivity index (χ0) is 13.9. The van der Waals surface area contributed by atoms with Crippen LogP contribution in [-0.4, -0.2) is 10.9 Å². The second-order valence-electron chi connectivity index (χ2n) is 4.23. The standard InChI is InChI=1S/C16H12N2OS.ClH/c1-2-15(19)18-16-11-6-3-4-7-13(11)17-10-12(16)14-8-5-9-20-14;/h2-10H,1H2,(H,17,18,19);1H.